The summed E-state index contributed by atoms with van der Waals surface area (Å²) in [6, 6.07) is 0. The highest BCUT2D eigenvalue weighted by Gasteiger charge is 2.33. The normalized spacial score (nSPS) is 39.6. The van der Waals surface area contributed by atoms with Crippen LogP contribution in [0.15, 0.2) is 0 Å². The Bertz CT molecular complexity index is 170. The monoisotopic (exact) mass is 195 g/mol. The minimum Gasteiger partial charge on any atom is -0.316 e. The molecule has 1 heterocycles. The Morgan fingerprint density at radius 3 is 2.71 bits per heavy atom. The van der Waals surface area contributed by atoms with Gasteiger partial charge >= 0.3 is 0 Å². The van der Waals surface area contributed by atoms with Gasteiger partial charge in [0.1, 0.15) is 0 Å². The molecule has 2 fully saturated rings. The van der Waals surface area contributed by atoms with Crippen LogP contribution >= 0.6 is 0 Å². The van der Waals surface area contributed by atoms with Crippen LogP contribution in [0, 0.1) is 11.3 Å². The Hall–Kier alpha value is -0.0400. The first kappa shape index (κ1) is 10.5. The first-order valence-corrected chi connectivity index (χ1v) is 6.55. The number of hydrogen-bond acceptors (Lipinski definition) is 1. The summed E-state index contributed by atoms with van der Waals surface area (Å²) in [5.41, 5.74) is 0.710. The average molecular weight is 195 g/mol. The zero-order valence-corrected chi connectivity index (χ0v) is 9.65. The first-order chi connectivity index (χ1) is 6.85. The summed E-state index contributed by atoms with van der Waals surface area (Å²) in [6.07, 6.45) is 11.8. The fourth-order valence-electron chi connectivity index (χ4n) is 3.41. The molecule has 14 heavy (non-hydrogen) atoms. The summed E-state index contributed by atoms with van der Waals surface area (Å²) < 4.78 is 0. The molecule has 2 atom stereocenters. The van der Waals surface area contributed by atoms with Crippen LogP contribution in [-0.2, 0) is 0 Å². The highest BCUT2D eigenvalue weighted by Crippen LogP contribution is 2.42. The maximum Gasteiger partial charge on any atom is 0.000781 e. The van der Waals surface area contributed by atoms with Crippen LogP contribution in [0.1, 0.15) is 58.3 Å². The van der Waals surface area contributed by atoms with Crippen LogP contribution in [0.4, 0.5) is 0 Å². The van der Waals surface area contributed by atoms with E-state index in [1.807, 2.05) is 0 Å². The van der Waals surface area contributed by atoms with E-state index in [1.165, 1.54) is 64.5 Å². The van der Waals surface area contributed by atoms with Crippen molar-refractivity contribution in [2.24, 2.45) is 11.3 Å². The summed E-state index contributed by atoms with van der Waals surface area (Å²) in [5, 5.41) is 3.61. The number of piperidine rings is 1. The molecule has 1 aliphatic heterocycles. The fraction of sp³-hybridized carbons (Fsp3) is 1.00. The van der Waals surface area contributed by atoms with Gasteiger partial charge in [-0.3, -0.25) is 0 Å². The third-order valence-electron chi connectivity index (χ3n) is 4.54. The molecule has 0 radical (unpaired) electrons. The number of rotatable bonds is 1. The fourth-order valence-corrected chi connectivity index (χ4v) is 3.41. The van der Waals surface area contributed by atoms with E-state index in [0.717, 1.165) is 5.92 Å². The Balaban J connectivity index is 1.92. The largest absolute Gasteiger partial charge is 0.316 e. The number of nitrogens with one attached hydrogen (secondary N) is 1. The van der Waals surface area contributed by atoms with Gasteiger partial charge in [0.2, 0.25) is 0 Å². The molecule has 0 amide bonds. The molecule has 82 valence electrons. The number of hydrogen-bond donors (Lipinski definition) is 1. The van der Waals surface area contributed by atoms with Crippen LogP contribution in [0.3, 0.4) is 0 Å². The standard InChI is InChI=1S/C13H25N/c1-2-12-5-3-7-13(9-6-12)8-4-10-14-11-13/h12,14H,2-11H2,1H3. The SMILES string of the molecule is CCC1CCCC2(CCCNC2)CC1. The molecule has 2 aliphatic rings. The third kappa shape index (κ3) is 2.31. The Morgan fingerprint density at radius 2 is 2.00 bits per heavy atom. The predicted molar refractivity (Wildman–Crippen MR) is 61.4 cm³/mol. The van der Waals surface area contributed by atoms with Crippen LogP contribution < -0.4 is 5.32 Å². The van der Waals surface area contributed by atoms with Gasteiger partial charge in [-0.15, -0.1) is 0 Å². The van der Waals surface area contributed by atoms with Gasteiger partial charge in [0.25, 0.3) is 0 Å². The van der Waals surface area contributed by atoms with Gasteiger partial charge in [0.05, 0.1) is 0 Å². The molecular formula is C13H25N. The van der Waals surface area contributed by atoms with E-state index in [-0.39, 0.29) is 0 Å². The molecule has 1 saturated carbocycles. The molecule has 2 unspecified atom stereocenters. The van der Waals surface area contributed by atoms with Crippen molar-refractivity contribution in [3.05, 3.63) is 0 Å². The molecule has 0 aromatic rings. The quantitative estimate of drug-likeness (QED) is 0.676. The summed E-state index contributed by atoms with van der Waals surface area (Å²) in [6.45, 7) is 4.93. The van der Waals surface area contributed by atoms with E-state index in [0.29, 0.717) is 5.41 Å². The summed E-state index contributed by atoms with van der Waals surface area (Å²) in [5.74, 6) is 1.04. The van der Waals surface area contributed by atoms with Crippen molar-refractivity contribution in [2.45, 2.75) is 58.3 Å². The van der Waals surface area contributed by atoms with E-state index in [9.17, 15) is 0 Å². The maximum absolute atomic E-state index is 3.61. The van der Waals surface area contributed by atoms with Crippen molar-refractivity contribution in [3.63, 3.8) is 0 Å². The van der Waals surface area contributed by atoms with E-state index >= 15 is 0 Å². The van der Waals surface area contributed by atoms with Gasteiger partial charge in [-0.1, -0.05) is 26.2 Å². The lowest BCUT2D eigenvalue weighted by molar-refractivity contribution is 0.176. The molecule has 2 rings (SSSR count). The summed E-state index contributed by atoms with van der Waals surface area (Å²) in [4.78, 5) is 0. The second-order valence-electron chi connectivity index (χ2n) is 5.49. The van der Waals surface area contributed by atoms with E-state index in [4.69, 9.17) is 0 Å². The van der Waals surface area contributed by atoms with Gasteiger partial charge in [-0.2, -0.15) is 0 Å². The molecule has 1 spiro atoms. The van der Waals surface area contributed by atoms with Gasteiger partial charge in [0.15, 0.2) is 0 Å². The van der Waals surface area contributed by atoms with Crippen LogP contribution in [0.2, 0.25) is 0 Å². The zero-order chi connectivity index (χ0) is 9.86. The molecule has 0 bridgehead atoms. The zero-order valence-electron chi connectivity index (χ0n) is 9.65. The van der Waals surface area contributed by atoms with Crippen molar-refractivity contribution in [2.75, 3.05) is 13.1 Å². The molecule has 1 N–H and O–H groups in total. The van der Waals surface area contributed by atoms with Gasteiger partial charge in [-0.05, 0) is 50.0 Å². The van der Waals surface area contributed by atoms with Gasteiger partial charge in [0, 0.05) is 6.54 Å². The summed E-state index contributed by atoms with van der Waals surface area (Å²) in [7, 11) is 0. The van der Waals surface area contributed by atoms with Crippen molar-refractivity contribution in [3.8, 4) is 0 Å². The Labute approximate surface area is 88.7 Å². The van der Waals surface area contributed by atoms with Crippen molar-refractivity contribution >= 4 is 0 Å². The topological polar surface area (TPSA) is 12.0 Å². The van der Waals surface area contributed by atoms with Gasteiger partial charge in [-0.25, -0.2) is 0 Å². The molecule has 1 heteroatoms. The maximum atomic E-state index is 3.61. The van der Waals surface area contributed by atoms with Crippen LogP contribution in [0.5, 0.6) is 0 Å². The van der Waals surface area contributed by atoms with Crippen LogP contribution in [-0.4, -0.2) is 13.1 Å². The first-order valence-electron chi connectivity index (χ1n) is 6.55. The van der Waals surface area contributed by atoms with Gasteiger partial charge < -0.3 is 5.32 Å². The van der Waals surface area contributed by atoms with E-state index in [1.54, 1.807) is 0 Å². The summed E-state index contributed by atoms with van der Waals surface area (Å²) >= 11 is 0. The average Bonchev–Trinajstić information content (AvgIpc) is 2.42. The highest BCUT2D eigenvalue weighted by molar-refractivity contribution is 4.88. The van der Waals surface area contributed by atoms with E-state index < -0.39 is 0 Å². The Morgan fingerprint density at radius 1 is 1.14 bits per heavy atom. The Kier molecular flexibility index (Phi) is 3.48. The molecule has 1 aliphatic carbocycles. The second kappa shape index (κ2) is 4.65. The third-order valence-corrected chi connectivity index (χ3v) is 4.54. The van der Waals surface area contributed by atoms with E-state index in [2.05, 4.69) is 12.2 Å². The lowest BCUT2D eigenvalue weighted by Gasteiger charge is -2.37. The van der Waals surface area contributed by atoms with Crippen LogP contribution in [0.25, 0.3) is 0 Å². The molecule has 1 saturated heterocycles. The molecule has 0 aromatic carbocycles. The van der Waals surface area contributed by atoms with Crippen molar-refractivity contribution in [1.82, 2.24) is 5.32 Å². The lowest BCUT2D eigenvalue weighted by atomic mass is 9.74. The minimum absolute atomic E-state index is 0.710. The molecule has 0 aromatic heterocycles. The van der Waals surface area contributed by atoms with Crippen molar-refractivity contribution < 1.29 is 0 Å². The predicted octanol–water partition coefficient (Wildman–Crippen LogP) is 3.35. The lowest BCUT2D eigenvalue weighted by Crippen LogP contribution is -2.39. The minimum atomic E-state index is 0.710. The smallest absolute Gasteiger partial charge is 0.000781 e. The highest BCUT2D eigenvalue weighted by atomic mass is 14.9. The second-order valence-corrected chi connectivity index (χ2v) is 5.49. The van der Waals surface area contributed by atoms with Crippen molar-refractivity contribution in [1.29, 1.82) is 0 Å². The molecule has 1 nitrogen and oxygen atoms in total. The molecular weight excluding hydrogens is 170 g/mol.